The Morgan fingerprint density at radius 3 is 2.64 bits per heavy atom. The first kappa shape index (κ1) is 10.3. The van der Waals surface area contributed by atoms with Crippen molar-refractivity contribution in [2.24, 2.45) is 0 Å². The van der Waals surface area contributed by atoms with Gasteiger partial charge < -0.3 is 10.0 Å². The quantitative estimate of drug-likeness (QED) is 0.526. The van der Waals surface area contributed by atoms with E-state index >= 15 is 0 Å². The number of thiol groups is 1. The molecule has 0 saturated carbocycles. The maximum Gasteiger partial charge on any atom is 0.499 e. The van der Waals surface area contributed by atoms with Gasteiger partial charge in [-0.1, -0.05) is 11.6 Å². The summed E-state index contributed by atoms with van der Waals surface area (Å²) in [5, 5.41) is 19.5. The van der Waals surface area contributed by atoms with Crippen LogP contribution in [-0.2, 0) is 0 Å². The fourth-order valence-corrected chi connectivity index (χ4v) is 2.99. The molecule has 14 heavy (non-hydrogen) atoms. The van der Waals surface area contributed by atoms with Crippen molar-refractivity contribution in [1.82, 2.24) is 0 Å². The summed E-state index contributed by atoms with van der Waals surface area (Å²) in [7, 11) is -1.43. The Morgan fingerprint density at radius 1 is 1.29 bits per heavy atom. The van der Waals surface area contributed by atoms with Crippen molar-refractivity contribution >= 4 is 57.5 Å². The molecule has 72 valence electrons. The van der Waals surface area contributed by atoms with E-state index in [-0.39, 0.29) is 0 Å². The van der Waals surface area contributed by atoms with Gasteiger partial charge in [-0.15, -0.1) is 24.0 Å². The average Bonchev–Trinajstić information content (AvgIpc) is 2.47. The van der Waals surface area contributed by atoms with Crippen LogP contribution in [-0.4, -0.2) is 17.2 Å². The Balaban J connectivity index is 2.70. The van der Waals surface area contributed by atoms with Gasteiger partial charge >= 0.3 is 7.12 Å². The summed E-state index contributed by atoms with van der Waals surface area (Å²) in [4.78, 5) is 0.746. The van der Waals surface area contributed by atoms with E-state index in [1.54, 1.807) is 18.2 Å². The van der Waals surface area contributed by atoms with Crippen molar-refractivity contribution in [3.63, 3.8) is 0 Å². The zero-order valence-corrected chi connectivity index (χ0v) is 9.40. The zero-order valence-electron chi connectivity index (χ0n) is 6.94. The molecule has 0 aliphatic heterocycles. The van der Waals surface area contributed by atoms with Gasteiger partial charge in [-0.3, -0.25) is 0 Å². The minimum Gasteiger partial charge on any atom is -0.423 e. The molecule has 2 N–H and O–H groups in total. The Kier molecular flexibility index (Phi) is 2.77. The highest BCUT2D eigenvalue weighted by Gasteiger charge is 2.15. The number of rotatable bonds is 1. The lowest BCUT2D eigenvalue weighted by atomic mass is 9.89. The molecule has 0 amide bonds. The second-order valence-corrected chi connectivity index (χ2v) is 4.89. The van der Waals surface area contributed by atoms with Crippen LogP contribution in [0, 0.1) is 0 Å². The molecule has 1 heterocycles. The number of hydrogen-bond donors (Lipinski definition) is 3. The SMILES string of the molecule is OB(O)c1cc2c(S)cc(Cl)cc2s1. The average molecular weight is 245 g/mol. The molecular weight excluding hydrogens is 238 g/mol. The molecule has 0 fully saturated rings. The van der Waals surface area contributed by atoms with Gasteiger partial charge in [0.25, 0.3) is 0 Å². The lowest BCUT2D eigenvalue weighted by molar-refractivity contribution is 0.427. The largest absolute Gasteiger partial charge is 0.499 e. The molecular formula is C8H6BClO2S2. The lowest BCUT2D eigenvalue weighted by Gasteiger charge is -1.94. The van der Waals surface area contributed by atoms with E-state index in [0.29, 0.717) is 9.80 Å². The normalized spacial score (nSPS) is 10.9. The molecule has 2 nitrogen and oxygen atoms in total. The maximum absolute atomic E-state index is 8.99. The van der Waals surface area contributed by atoms with E-state index in [9.17, 15) is 0 Å². The highest BCUT2D eigenvalue weighted by molar-refractivity contribution is 7.80. The van der Waals surface area contributed by atoms with Gasteiger partial charge in [0.15, 0.2) is 0 Å². The number of hydrogen-bond acceptors (Lipinski definition) is 4. The van der Waals surface area contributed by atoms with Crippen molar-refractivity contribution in [2.45, 2.75) is 4.90 Å². The van der Waals surface area contributed by atoms with Gasteiger partial charge in [0.05, 0.1) is 0 Å². The van der Waals surface area contributed by atoms with Crippen LogP contribution in [0.3, 0.4) is 0 Å². The van der Waals surface area contributed by atoms with Crippen molar-refractivity contribution in [1.29, 1.82) is 0 Å². The summed E-state index contributed by atoms with van der Waals surface area (Å²) in [6.45, 7) is 0. The summed E-state index contributed by atoms with van der Waals surface area (Å²) in [6, 6.07) is 5.23. The minimum atomic E-state index is -1.43. The first-order valence-corrected chi connectivity index (χ1v) is 5.50. The number of fused-ring (bicyclic) bond motifs is 1. The number of halogens is 1. The molecule has 0 saturated heterocycles. The van der Waals surface area contributed by atoms with Crippen LogP contribution in [0.4, 0.5) is 0 Å². The van der Waals surface area contributed by atoms with Crippen LogP contribution < -0.4 is 4.78 Å². The third kappa shape index (κ3) is 1.78. The monoisotopic (exact) mass is 244 g/mol. The standard InChI is InChI=1S/C8H6BClO2S2/c10-4-1-6(13)5-3-8(9(11)12)14-7(5)2-4/h1-3,11-13H. The van der Waals surface area contributed by atoms with Gasteiger partial charge in [-0.25, -0.2) is 0 Å². The van der Waals surface area contributed by atoms with Gasteiger partial charge in [0, 0.05) is 24.8 Å². The van der Waals surface area contributed by atoms with E-state index in [1.807, 2.05) is 0 Å². The van der Waals surface area contributed by atoms with E-state index in [2.05, 4.69) is 12.6 Å². The summed E-state index contributed by atoms with van der Waals surface area (Å²) in [6.07, 6.45) is 0. The molecule has 2 rings (SSSR count). The van der Waals surface area contributed by atoms with E-state index in [0.717, 1.165) is 15.0 Å². The molecule has 6 heteroatoms. The topological polar surface area (TPSA) is 40.5 Å². The molecule has 0 atom stereocenters. The predicted molar refractivity (Wildman–Crippen MR) is 63.9 cm³/mol. The van der Waals surface area contributed by atoms with E-state index in [4.69, 9.17) is 21.6 Å². The molecule has 0 aliphatic rings. The molecule has 0 aliphatic carbocycles. The highest BCUT2D eigenvalue weighted by atomic mass is 35.5. The Bertz CT molecular complexity index is 483. The summed E-state index contributed by atoms with van der Waals surface area (Å²) in [5.41, 5.74) is 0. The summed E-state index contributed by atoms with van der Waals surface area (Å²) >= 11 is 11.4. The van der Waals surface area contributed by atoms with Gasteiger partial charge in [0.1, 0.15) is 0 Å². The summed E-state index contributed by atoms with van der Waals surface area (Å²) in [5.74, 6) is 0. The van der Waals surface area contributed by atoms with Crippen LogP contribution in [0.1, 0.15) is 0 Å². The maximum atomic E-state index is 8.99. The molecule has 0 radical (unpaired) electrons. The van der Waals surface area contributed by atoms with E-state index in [1.165, 1.54) is 11.3 Å². The fourth-order valence-electron chi connectivity index (χ4n) is 1.23. The third-order valence-electron chi connectivity index (χ3n) is 1.85. The van der Waals surface area contributed by atoms with Crippen LogP contribution in [0.15, 0.2) is 23.1 Å². The Morgan fingerprint density at radius 2 is 2.00 bits per heavy atom. The lowest BCUT2D eigenvalue weighted by Crippen LogP contribution is -2.26. The van der Waals surface area contributed by atoms with Crippen molar-refractivity contribution in [3.05, 3.63) is 23.2 Å². The van der Waals surface area contributed by atoms with E-state index < -0.39 is 7.12 Å². The minimum absolute atomic E-state index is 0.498. The van der Waals surface area contributed by atoms with Crippen molar-refractivity contribution in [3.8, 4) is 0 Å². The Hall–Kier alpha value is -0.195. The number of thiophene rings is 1. The van der Waals surface area contributed by atoms with Gasteiger partial charge in [0.2, 0.25) is 0 Å². The molecule has 0 bridgehead atoms. The molecule has 0 spiro atoms. The van der Waals surface area contributed by atoms with Gasteiger partial charge in [-0.2, -0.15) is 0 Å². The van der Waals surface area contributed by atoms with Crippen LogP contribution in [0.2, 0.25) is 5.02 Å². The predicted octanol–water partition coefficient (Wildman–Crippen LogP) is 1.52. The Labute approximate surface area is 95.7 Å². The fraction of sp³-hybridized carbons (Fsp3) is 0. The van der Waals surface area contributed by atoms with Crippen LogP contribution in [0.5, 0.6) is 0 Å². The van der Waals surface area contributed by atoms with Gasteiger partial charge in [-0.05, 0) is 18.2 Å². The second kappa shape index (κ2) is 3.75. The molecule has 1 aromatic heterocycles. The third-order valence-corrected chi connectivity index (χ3v) is 3.56. The smallest absolute Gasteiger partial charge is 0.423 e. The first-order valence-electron chi connectivity index (χ1n) is 3.86. The van der Waals surface area contributed by atoms with Crippen LogP contribution >= 0.6 is 35.6 Å². The van der Waals surface area contributed by atoms with Crippen molar-refractivity contribution < 1.29 is 10.0 Å². The second-order valence-electron chi connectivity index (χ2n) is 2.86. The van der Waals surface area contributed by atoms with Crippen molar-refractivity contribution in [2.75, 3.05) is 0 Å². The molecule has 0 unspecified atom stereocenters. The summed E-state index contributed by atoms with van der Waals surface area (Å²) < 4.78 is 1.41. The molecule has 1 aromatic carbocycles. The first-order chi connectivity index (χ1) is 6.58. The number of benzene rings is 1. The highest BCUT2D eigenvalue weighted by Crippen LogP contribution is 2.29. The molecule has 2 aromatic rings. The van der Waals surface area contributed by atoms with Crippen LogP contribution in [0.25, 0.3) is 10.1 Å². The zero-order chi connectivity index (χ0) is 10.3.